The van der Waals surface area contributed by atoms with Crippen molar-refractivity contribution in [3.05, 3.63) is 47.5 Å². The van der Waals surface area contributed by atoms with Crippen molar-refractivity contribution in [2.24, 2.45) is 0 Å². The van der Waals surface area contributed by atoms with Gasteiger partial charge in [-0.25, -0.2) is 0 Å². The first-order chi connectivity index (χ1) is 20.9. The standard InChI is InChI=1S/C32H44O10/c1-5-29-31(41-21-17-37-13-9-33-7-11-35-15-19-39-29)23-25(1)27-3-4-28(27)26-2-6-30-32(24-26)42-22-18-38-14-10-34-8-12-36-16-20-40-30/h1-2,5-6,23-24,27-28H,3-4,7-22H2/t27-,28+. The molecule has 0 aromatic heterocycles. The van der Waals surface area contributed by atoms with Gasteiger partial charge in [0.15, 0.2) is 23.0 Å². The first kappa shape index (κ1) is 30.8. The molecule has 2 aromatic rings. The highest BCUT2D eigenvalue weighted by molar-refractivity contribution is 5.48. The van der Waals surface area contributed by atoms with E-state index >= 15 is 0 Å². The van der Waals surface area contributed by atoms with Crippen LogP contribution in [-0.4, -0.2) is 106 Å². The average Bonchev–Trinajstić information content (AvgIpc) is 3.00. The van der Waals surface area contributed by atoms with E-state index in [0.717, 1.165) is 35.8 Å². The van der Waals surface area contributed by atoms with E-state index in [1.165, 1.54) is 11.1 Å². The molecule has 0 spiro atoms. The van der Waals surface area contributed by atoms with Crippen LogP contribution in [0.15, 0.2) is 36.4 Å². The Labute approximate surface area is 248 Å². The summed E-state index contributed by atoms with van der Waals surface area (Å²) in [5.74, 6) is 3.63. The Hall–Kier alpha value is -2.60. The fourth-order valence-electron chi connectivity index (χ4n) is 5.20. The van der Waals surface area contributed by atoms with E-state index in [0.29, 0.717) is 118 Å². The van der Waals surface area contributed by atoms with E-state index in [9.17, 15) is 0 Å². The van der Waals surface area contributed by atoms with Crippen LogP contribution in [0, 0.1) is 0 Å². The Morgan fingerprint density at radius 3 is 0.929 bits per heavy atom. The number of hydrogen-bond donors (Lipinski definition) is 0. The summed E-state index contributed by atoms with van der Waals surface area (Å²) in [5, 5.41) is 0. The third-order valence-electron chi connectivity index (χ3n) is 7.50. The van der Waals surface area contributed by atoms with E-state index in [-0.39, 0.29) is 0 Å². The highest BCUT2D eigenvalue weighted by atomic mass is 16.6. The Balaban J connectivity index is 1.26. The van der Waals surface area contributed by atoms with Crippen molar-refractivity contribution in [2.75, 3.05) is 106 Å². The van der Waals surface area contributed by atoms with Crippen LogP contribution in [0.3, 0.4) is 0 Å². The number of ether oxygens (including phenoxy) is 10. The molecule has 0 unspecified atom stereocenters. The molecule has 3 aliphatic rings. The van der Waals surface area contributed by atoms with E-state index in [1.807, 2.05) is 12.1 Å². The highest BCUT2D eigenvalue weighted by Crippen LogP contribution is 2.51. The van der Waals surface area contributed by atoms with Crippen molar-refractivity contribution in [3.8, 4) is 23.0 Å². The third-order valence-corrected chi connectivity index (χ3v) is 7.50. The van der Waals surface area contributed by atoms with Gasteiger partial charge in [-0.1, -0.05) is 12.1 Å². The third kappa shape index (κ3) is 9.45. The SMILES string of the molecule is c1cc2c(cc1[C@H]1CC[C@H]1c1ccc3c(c1)OCCOCCOCCOCCO3)OCCOCCOCCOCCO2. The highest BCUT2D eigenvalue weighted by Gasteiger charge is 2.34. The molecule has 0 radical (unpaired) electrons. The van der Waals surface area contributed by atoms with Gasteiger partial charge >= 0.3 is 0 Å². The van der Waals surface area contributed by atoms with Gasteiger partial charge in [-0.05, 0) is 60.1 Å². The number of rotatable bonds is 2. The van der Waals surface area contributed by atoms with Crippen molar-refractivity contribution >= 4 is 0 Å². The molecule has 0 saturated heterocycles. The van der Waals surface area contributed by atoms with Crippen LogP contribution >= 0.6 is 0 Å². The van der Waals surface area contributed by atoms with Gasteiger partial charge in [0.1, 0.15) is 26.4 Å². The fraction of sp³-hybridized carbons (Fsp3) is 0.625. The molecule has 1 saturated carbocycles. The summed E-state index contributed by atoms with van der Waals surface area (Å²) in [5.41, 5.74) is 2.47. The van der Waals surface area contributed by atoms with Crippen molar-refractivity contribution < 1.29 is 47.4 Å². The van der Waals surface area contributed by atoms with Crippen molar-refractivity contribution in [3.63, 3.8) is 0 Å². The fourth-order valence-corrected chi connectivity index (χ4v) is 5.20. The Morgan fingerprint density at radius 2 is 0.619 bits per heavy atom. The molecule has 10 heteroatoms. The summed E-state index contributed by atoms with van der Waals surface area (Å²) in [6, 6.07) is 12.6. The molecule has 0 bridgehead atoms. The predicted molar refractivity (Wildman–Crippen MR) is 154 cm³/mol. The van der Waals surface area contributed by atoms with Gasteiger partial charge in [0.25, 0.3) is 0 Å². The largest absolute Gasteiger partial charge is 0.487 e. The van der Waals surface area contributed by atoms with Crippen molar-refractivity contribution in [2.45, 2.75) is 24.7 Å². The first-order valence-corrected chi connectivity index (χ1v) is 15.1. The maximum atomic E-state index is 6.13. The summed E-state index contributed by atoms with van der Waals surface area (Å²) in [7, 11) is 0. The summed E-state index contributed by atoms with van der Waals surface area (Å²) in [6.07, 6.45) is 2.20. The number of hydrogen-bond acceptors (Lipinski definition) is 10. The second-order valence-corrected chi connectivity index (χ2v) is 10.3. The maximum absolute atomic E-state index is 6.13. The normalized spacial score (nSPS) is 24.1. The monoisotopic (exact) mass is 588 g/mol. The molecule has 0 N–H and O–H groups in total. The Morgan fingerprint density at radius 1 is 0.333 bits per heavy atom. The van der Waals surface area contributed by atoms with Crippen LogP contribution < -0.4 is 18.9 Å². The molecule has 5 rings (SSSR count). The molecule has 232 valence electrons. The molecular weight excluding hydrogens is 544 g/mol. The van der Waals surface area contributed by atoms with E-state index < -0.39 is 0 Å². The lowest BCUT2D eigenvalue weighted by molar-refractivity contribution is 0.00708. The number of benzene rings is 2. The Bertz CT molecular complexity index is 980. The molecule has 42 heavy (non-hydrogen) atoms. The molecule has 1 fully saturated rings. The molecule has 0 amide bonds. The Kier molecular flexibility index (Phi) is 12.9. The number of fused-ring (bicyclic) bond motifs is 2. The molecule has 2 heterocycles. The zero-order valence-electron chi connectivity index (χ0n) is 24.4. The van der Waals surface area contributed by atoms with Gasteiger partial charge in [-0.15, -0.1) is 0 Å². The molecule has 1 aliphatic carbocycles. The minimum absolute atomic E-state index is 0.366. The smallest absolute Gasteiger partial charge is 0.161 e. The van der Waals surface area contributed by atoms with Gasteiger partial charge in [-0.2, -0.15) is 0 Å². The first-order valence-electron chi connectivity index (χ1n) is 15.1. The quantitative estimate of drug-likeness (QED) is 0.513. The van der Waals surface area contributed by atoms with Crippen LogP contribution in [0.4, 0.5) is 0 Å². The van der Waals surface area contributed by atoms with E-state index in [2.05, 4.69) is 24.3 Å². The average molecular weight is 589 g/mol. The second-order valence-electron chi connectivity index (χ2n) is 10.3. The lowest BCUT2D eigenvalue weighted by atomic mass is 9.67. The molecule has 2 aliphatic heterocycles. The predicted octanol–water partition coefficient (Wildman–Crippen LogP) is 3.99. The minimum Gasteiger partial charge on any atom is -0.487 e. The zero-order chi connectivity index (χ0) is 28.7. The zero-order valence-corrected chi connectivity index (χ0v) is 24.4. The van der Waals surface area contributed by atoms with Crippen LogP contribution in [0.1, 0.15) is 35.8 Å². The van der Waals surface area contributed by atoms with Gasteiger partial charge < -0.3 is 47.4 Å². The van der Waals surface area contributed by atoms with Gasteiger partial charge in [-0.3, -0.25) is 0 Å². The van der Waals surface area contributed by atoms with Crippen molar-refractivity contribution in [1.82, 2.24) is 0 Å². The van der Waals surface area contributed by atoms with Gasteiger partial charge in [0, 0.05) is 0 Å². The summed E-state index contributed by atoms with van der Waals surface area (Å²) in [6.45, 7) is 8.02. The van der Waals surface area contributed by atoms with Crippen LogP contribution in [0.2, 0.25) is 0 Å². The molecule has 10 nitrogen and oxygen atoms in total. The van der Waals surface area contributed by atoms with Gasteiger partial charge in [0.2, 0.25) is 0 Å². The summed E-state index contributed by atoms with van der Waals surface area (Å²) < 4.78 is 57.8. The maximum Gasteiger partial charge on any atom is 0.161 e. The summed E-state index contributed by atoms with van der Waals surface area (Å²) in [4.78, 5) is 0. The lowest BCUT2D eigenvalue weighted by Gasteiger charge is -2.38. The van der Waals surface area contributed by atoms with Crippen molar-refractivity contribution in [1.29, 1.82) is 0 Å². The van der Waals surface area contributed by atoms with Gasteiger partial charge in [0.05, 0.1) is 79.3 Å². The summed E-state index contributed by atoms with van der Waals surface area (Å²) >= 11 is 0. The van der Waals surface area contributed by atoms with Crippen LogP contribution in [0.5, 0.6) is 23.0 Å². The van der Waals surface area contributed by atoms with Crippen LogP contribution in [-0.2, 0) is 28.4 Å². The lowest BCUT2D eigenvalue weighted by Crippen LogP contribution is -2.22. The van der Waals surface area contributed by atoms with E-state index in [4.69, 9.17) is 47.4 Å². The second kappa shape index (κ2) is 17.5. The van der Waals surface area contributed by atoms with Crippen LogP contribution in [0.25, 0.3) is 0 Å². The molecular formula is C32H44O10. The molecule has 2 aromatic carbocycles. The topological polar surface area (TPSA) is 92.3 Å². The minimum atomic E-state index is 0.366. The molecule has 2 atom stereocenters. The van der Waals surface area contributed by atoms with E-state index in [1.54, 1.807) is 0 Å².